The third-order valence-corrected chi connectivity index (χ3v) is 3.09. The monoisotopic (exact) mass is 271 g/mol. The van der Waals surface area contributed by atoms with Gasteiger partial charge in [-0.2, -0.15) is 5.10 Å². The van der Waals surface area contributed by atoms with E-state index in [1.165, 1.54) is 5.56 Å². The molecule has 0 saturated heterocycles. The summed E-state index contributed by atoms with van der Waals surface area (Å²) in [6.07, 6.45) is 2.17. The molecule has 0 atom stereocenters. The number of nitrogens with zero attached hydrogens (tertiary/aromatic N) is 2. The van der Waals surface area contributed by atoms with Gasteiger partial charge < -0.3 is 5.73 Å². The van der Waals surface area contributed by atoms with Gasteiger partial charge in [0.1, 0.15) is 6.54 Å². The molecule has 5 nitrogen and oxygen atoms in total. The summed E-state index contributed by atoms with van der Waals surface area (Å²) in [4.78, 5) is 22.8. The molecule has 0 aliphatic carbocycles. The van der Waals surface area contributed by atoms with Crippen LogP contribution in [0.2, 0.25) is 0 Å². The third-order valence-electron chi connectivity index (χ3n) is 3.09. The lowest BCUT2D eigenvalue weighted by Crippen LogP contribution is -2.38. The Morgan fingerprint density at radius 1 is 1.35 bits per heavy atom. The Labute approximate surface area is 117 Å². The van der Waals surface area contributed by atoms with Crippen molar-refractivity contribution in [2.24, 2.45) is 10.8 Å². The highest BCUT2D eigenvalue weighted by Gasteiger charge is 2.23. The molecule has 0 fully saturated rings. The Morgan fingerprint density at radius 2 is 2.00 bits per heavy atom. The van der Waals surface area contributed by atoms with Crippen molar-refractivity contribution in [3.05, 3.63) is 41.0 Å². The molecule has 5 heteroatoms. The zero-order valence-corrected chi connectivity index (χ0v) is 11.6. The quantitative estimate of drug-likeness (QED) is 0.903. The maximum Gasteiger partial charge on any atom is 0.247 e. The van der Waals surface area contributed by atoms with E-state index >= 15 is 0 Å². The molecule has 2 rings (SSSR count). The van der Waals surface area contributed by atoms with Gasteiger partial charge in [-0.25, -0.2) is 5.01 Å². The average molecular weight is 271 g/mol. The number of benzene rings is 1. The SMILES string of the molecule is CC1=NN(CC(N)=O)C(=O)C/C1=C/c1ccc(C)cc1. The van der Waals surface area contributed by atoms with Gasteiger partial charge in [0, 0.05) is 0 Å². The minimum atomic E-state index is -0.569. The van der Waals surface area contributed by atoms with E-state index in [4.69, 9.17) is 5.73 Å². The number of amides is 2. The zero-order chi connectivity index (χ0) is 14.7. The summed E-state index contributed by atoms with van der Waals surface area (Å²) >= 11 is 0. The maximum absolute atomic E-state index is 11.9. The number of hydrogen-bond acceptors (Lipinski definition) is 3. The van der Waals surface area contributed by atoms with Crippen molar-refractivity contribution in [1.29, 1.82) is 0 Å². The van der Waals surface area contributed by atoms with Crippen LogP contribution in [0.15, 0.2) is 34.9 Å². The Bertz CT molecular complexity index is 600. The molecule has 2 amide bonds. The highest BCUT2D eigenvalue weighted by Crippen LogP contribution is 2.18. The van der Waals surface area contributed by atoms with Gasteiger partial charge in [-0.15, -0.1) is 0 Å². The van der Waals surface area contributed by atoms with Crippen molar-refractivity contribution < 1.29 is 9.59 Å². The molecule has 0 aromatic heterocycles. The number of hydrogen-bond donors (Lipinski definition) is 1. The van der Waals surface area contributed by atoms with Crippen molar-refractivity contribution in [3.63, 3.8) is 0 Å². The van der Waals surface area contributed by atoms with Gasteiger partial charge in [0.05, 0.1) is 12.1 Å². The summed E-state index contributed by atoms with van der Waals surface area (Å²) in [6.45, 7) is 3.67. The molecule has 2 N–H and O–H groups in total. The van der Waals surface area contributed by atoms with Gasteiger partial charge in [-0.3, -0.25) is 9.59 Å². The molecule has 104 valence electrons. The van der Waals surface area contributed by atoms with E-state index in [0.29, 0.717) is 0 Å². The fraction of sp³-hybridized carbons (Fsp3) is 0.267. The lowest BCUT2D eigenvalue weighted by molar-refractivity contribution is -0.134. The van der Waals surface area contributed by atoms with Crippen LogP contribution in [-0.4, -0.2) is 29.1 Å². The number of carbonyl (C=O) groups is 2. The second kappa shape index (κ2) is 5.69. The molecule has 1 heterocycles. The first-order valence-electron chi connectivity index (χ1n) is 6.37. The van der Waals surface area contributed by atoms with Gasteiger partial charge in [-0.1, -0.05) is 29.8 Å². The molecule has 0 saturated carbocycles. The minimum Gasteiger partial charge on any atom is -0.368 e. The molecule has 1 aliphatic heterocycles. The minimum absolute atomic E-state index is 0.173. The van der Waals surface area contributed by atoms with Crippen LogP contribution < -0.4 is 5.73 Å². The fourth-order valence-corrected chi connectivity index (χ4v) is 1.97. The summed E-state index contributed by atoms with van der Waals surface area (Å²) in [5.74, 6) is -0.784. The molecule has 0 radical (unpaired) electrons. The lowest BCUT2D eigenvalue weighted by atomic mass is 10.0. The number of aryl methyl sites for hydroxylation is 1. The van der Waals surface area contributed by atoms with Gasteiger partial charge in [-0.05, 0) is 31.1 Å². The molecule has 0 unspecified atom stereocenters. The second-order valence-electron chi connectivity index (χ2n) is 4.86. The van der Waals surface area contributed by atoms with Crippen LogP contribution >= 0.6 is 0 Å². The van der Waals surface area contributed by atoms with E-state index in [9.17, 15) is 9.59 Å². The molecule has 20 heavy (non-hydrogen) atoms. The summed E-state index contributed by atoms with van der Waals surface area (Å²) in [5.41, 5.74) is 8.88. The molecule has 0 spiro atoms. The lowest BCUT2D eigenvalue weighted by Gasteiger charge is -2.23. The zero-order valence-electron chi connectivity index (χ0n) is 11.6. The molecule has 0 bridgehead atoms. The van der Waals surface area contributed by atoms with Gasteiger partial charge >= 0.3 is 0 Å². The van der Waals surface area contributed by atoms with Crippen LogP contribution in [0, 0.1) is 6.92 Å². The number of hydrazone groups is 1. The normalized spacial score (nSPS) is 17.3. The number of rotatable bonds is 3. The number of nitrogens with two attached hydrogens (primary N) is 1. The summed E-state index contributed by atoms with van der Waals surface area (Å²) in [5, 5.41) is 5.26. The third kappa shape index (κ3) is 3.32. The Balaban J connectivity index is 2.24. The highest BCUT2D eigenvalue weighted by molar-refractivity contribution is 6.08. The Morgan fingerprint density at radius 3 is 2.60 bits per heavy atom. The van der Waals surface area contributed by atoms with E-state index in [-0.39, 0.29) is 18.9 Å². The summed E-state index contributed by atoms with van der Waals surface area (Å²) < 4.78 is 0. The Hall–Kier alpha value is -2.43. The first kappa shape index (κ1) is 14.0. The van der Waals surface area contributed by atoms with Crippen molar-refractivity contribution in [3.8, 4) is 0 Å². The molecular formula is C15H17N3O2. The first-order chi connectivity index (χ1) is 9.45. The maximum atomic E-state index is 11.9. The number of primary amides is 1. The molecule has 1 aliphatic rings. The predicted molar refractivity (Wildman–Crippen MR) is 77.8 cm³/mol. The van der Waals surface area contributed by atoms with Crippen molar-refractivity contribution in [2.45, 2.75) is 20.3 Å². The Kier molecular flexibility index (Phi) is 3.98. The largest absolute Gasteiger partial charge is 0.368 e. The van der Waals surface area contributed by atoms with E-state index in [1.54, 1.807) is 0 Å². The standard InChI is InChI=1S/C15H17N3O2/c1-10-3-5-12(6-4-10)7-13-8-15(20)18(9-14(16)19)17-11(13)2/h3-7H,8-9H2,1-2H3,(H2,16,19)/b13-7-. The van der Waals surface area contributed by atoms with Crippen molar-refractivity contribution >= 4 is 23.6 Å². The van der Waals surface area contributed by atoms with Crippen molar-refractivity contribution in [2.75, 3.05) is 6.54 Å². The predicted octanol–water partition coefficient (Wildman–Crippen LogP) is 1.47. The van der Waals surface area contributed by atoms with Gasteiger partial charge in [0.25, 0.3) is 0 Å². The molecular weight excluding hydrogens is 254 g/mol. The fourth-order valence-electron chi connectivity index (χ4n) is 1.97. The van der Waals surface area contributed by atoms with Gasteiger partial charge in [0.2, 0.25) is 11.8 Å². The highest BCUT2D eigenvalue weighted by atomic mass is 16.2. The first-order valence-corrected chi connectivity index (χ1v) is 6.37. The van der Waals surface area contributed by atoms with E-state index in [1.807, 2.05) is 44.2 Å². The molecule has 1 aromatic carbocycles. The topological polar surface area (TPSA) is 75.8 Å². The van der Waals surface area contributed by atoms with Crippen LogP contribution in [0.25, 0.3) is 6.08 Å². The van der Waals surface area contributed by atoms with Crippen LogP contribution in [0.4, 0.5) is 0 Å². The van der Waals surface area contributed by atoms with Crippen LogP contribution in [0.5, 0.6) is 0 Å². The average Bonchev–Trinajstić information content (AvgIpc) is 2.37. The van der Waals surface area contributed by atoms with E-state index in [0.717, 1.165) is 21.9 Å². The number of carbonyl (C=O) groups excluding carboxylic acids is 2. The van der Waals surface area contributed by atoms with Crippen LogP contribution in [0.3, 0.4) is 0 Å². The van der Waals surface area contributed by atoms with E-state index in [2.05, 4.69) is 5.10 Å². The van der Waals surface area contributed by atoms with E-state index < -0.39 is 5.91 Å². The summed E-state index contributed by atoms with van der Waals surface area (Å²) in [7, 11) is 0. The smallest absolute Gasteiger partial charge is 0.247 e. The van der Waals surface area contributed by atoms with Crippen LogP contribution in [0.1, 0.15) is 24.5 Å². The van der Waals surface area contributed by atoms with Crippen molar-refractivity contribution in [1.82, 2.24) is 5.01 Å². The molecule has 1 aromatic rings. The van der Waals surface area contributed by atoms with Gasteiger partial charge in [0.15, 0.2) is 0 Å². The van der Waals surface area contributed by atoms with Crippen LogP contribution in [-0.2, 0) is 9.59 Å². The summed E-state index contributed by atoms with van der Waals surface area (Å²) in [6, 6.07) is 8.03. The second-order valence-corrected chi connectivity index (χ2v) is 4.86.